The third kappa shape index (κ3) is 3.76. The molecule has 2 aromatic heterocycles. The summed E-state index contributed by atoms with van der Waals surface area (Å²) < 4.78 is 0. The maximum Gasteiger partial charge on any atom is 0.274 e. The summed E-state index contributed by atoms with van der Waals surface area (Å²) >= 11 is 1.32. The Bertz CT molecular complexity index is 722. The van der Waals surface area contributed by atoms with Crippen LogP contribution in [0.2, 0.25) is 0 Å². The molecule has 0 saturated heterocycles. The van der Waals surface area contributed by atoms with Crippen molar-refractivity contribution in [2.45, 2.75) is 20.3 Å². The predicted octanol–water partition coefficient (Wildman–Crippen LogP) is 3.32. The SMILES string of the molecule is CC/C(O)=C/C(=N)C(=O)Nc1sc(-c2cccnc2)nc1C. The summed E-state index contributed by atoms with van der Waals surface area (Å²) in [6.45, 7) is 3.53. The molecule has 2 aromatic rings. The third-order valence-electron chi connectivity index (χ3n) is 2.85. The number of amides is 1. The maximum atomic E-state index is 11.9. The molecule has 0 atom stereocenters. The third-order valence-corrected chi connectivity index (χ3v) is 3.97. The van der Waals surface area contributed by atoms with E-state index in [0.717, 1.165) is 16.6 Å². The molecule has 0 bridgehead atoms. The number of rotatable bonds is 5. The number of hydrogen-bond acceptors (Lipinski definition) is 6. The second-order valence-electron chi connectivity index (χ2n) is 4.53. The van der Waals surface area contributed by atoms with Crippen LogP contribution in [0.3, 0.4) is 0 Å². The van der Waals surface area contributed by atoms with E-state index in [0.29, 0.717) is 17.1 Å². The van der Waals surface area contributed by atoms with Crippen LogP contribution < -0.4 is 5.32 Å². The van der Waals surface area contributed by atoms with Gasteiger partial charge in [-0.1, -0.05) is 18.3 Å². The van der Waals surface area contributed by atoms with Gasteiger partial charge in [0, 0.05) is 30.5 Å². The van der Waals surface area contributed by atoms with Crippen molar-refractivity contribution in [2.75, 3.05) is 5.32 Å². The zero-order valence-corrected chi connectivity index (χ0v) is 13.1. The molecule has 114 valence electrons. The summed E-state index contributed by atoms with van der Waals surface area (Å²) in [5, 5.41) is 21.0. The van der Waals surface area contributed by atoms with E-state index in [-0.39, 0.29) is 11.5 Å². The number of carbonyl (C=O) groups excluding carboxylic acids is 1. The van der Waals surface area contributed by atoms with E-state index in [1.807, 2.05) is 12.1 Å². The number of anilines is 1. The van der Waals surface area contributed by atoms with E-state index in [1.165, 1.54) is 11.3 Å². The normalized spacial score (nSPS) is 11.3. The van der Waals surface area contributed by atoms with Crippen molar-refractivity contribution >= 4 is 28.0 Å². The molecule has 3 N–H and O–H groups in total. The number of carbonyl (C=O) groups is 1. The first-order chi connectivity index (χ1) is 10.5. The Labute approximate surface area is 132 Å². The molecule has 2 heterocycles. The number of nitrogens with zero attached hydrogens (tertiary/aromatic N) is 2. The second-order valence-corrected chi connectivity index (χ2v) is 5.53. The van der Waals surface area contributed by atoms with Crippen molar-refractivity contribution in [1.82, 2.24) is 9.97 Å². The van der Waals surface area contributed by atoms with Crippen LogP contribution in [0.4, 0.5) is 5.00 Å². The number of thiazole rings is 1. The first-order valence-electron chi connectivity index (χ1n) is 6.68. The second kappa shape index (κ2) is 6.95. The van der Waals surface area contributed by atoms with Crippen molar-refractivity contribution in [3.63, 3.8) is 0 Å². The van der Waals surface area contributed by atoms with Crippen molar-refractivity contribution in [1.29, 1.82) is 5.41 Å². The minimum atomic E-state index is -0.579. The number of aliphatic hydroxyl groups excluding tert-OH is 1. The summed E-state index contributed by atoms with van der Waals surface area (Å²) in [4.78, 5) is 20.4. The summed E-state index contributed by atoms with van der Waals surface area (Å²) in [5.74, 6) is -0.582. The number of hydrogen-bond donors (Lipinski definition) is 3. The highest BCUT2D eigenvalue weighted by atomic mass is 32.1. The summed E-state index contributed by atoms with van der Waals surface area (Å²) in [5.41, 5.74) is 1.25. The Morgan fingerprint density at radius 1 is 1.55 bits per heavy atom. The molecule has 0 fully saturated rings. The average Bonchev–Trinajstić information content (AvgIpc) is 2.89. The number of aliphatic hydroxyl groups is 1. The first-order valence-corrected chi connectivity index (χ1v) is 7.50. The molecule has 0 spiro atoms. The molecule has 0 aromatic carbocycles. The Balaban J connectivity index is 2.16. The van der Waals surface area contributed by atoms with Gasteiger partial charge in [0.05, 0.1) is 11.5 Å². The largest absolute Gasteiger partial charge is 0.512 e. The Kier molecular flexibility index (Phi) is 5.00. The highest BCUT2D eigenvalue weighted by Crippen LogP contribution is 2.31. The lowest BCUT2D eigenvalue weighted by Gasteiger charge is -2.02. The van der Waals surface area contributed by atoms with Gasteiger partial charge in [0.1, 0.15) is 15.7 Å². The van der Waals surface area contributed by atoms with Gasteiger partial charge >= 0.3 is 0 Å². The van der Waals surface area contributed by atoms with Crippen LogP contribution in [0.1, 0.15) is 19.0 Å². The molecule has 0 aliphatic heterocycles. The standard InChI is InChI=1S/C15H16N4O2S/c1-3-11(20)7-12(16)13(21)19-14-9(2)18-15(22-14)10-5-4-6-17-8-10/h4-8,16,20H,3H2,1-2H3,(H,19,21)/b11-7-,16-12?. The molecule has 7 heteroatoms. The van der Waals surface area contributed by atoms with Gasteiger partial charge in [0.25, 0.3) is 5.91 Å². The van der Waals surface area contributed by atoms with Crippen molar-refractivity contribution in [3.05, 3.63) is 42.1 Å². The molecule has 0 radical (unpaired) electrons. The predicted molar refractivity (Wildman–Crippen MR) is 87.4 cm³/mol. The highest BCUT2D eigenvalue weighted by molar-refractivity contribution is 7.19. The van der Waals surface area contributed by atoms with Gasteiger partial charge in [0.2, 0.25) is 0 Å². The van der Waals surface area contributed by atoms with Gasteiger partial charge < -0.3 is 10.4 Å². The van der Waals surface area contributed by atoms with Gasteiger partial charge in [-0.3, -0.25) is 15.2 Å². The lowest BCUT2D eigenvalue weighted by Crippen LogP contribution is -2.20. The van der Waals surface area contributed by atoms with E-state index >= 15 is 0 Å². The molecule has 0 aliphatic carbocycles. The minimum absolute atomic E-state index is 0.00257. The molecular weight excluding hydrogens is 300 g/mol. The molecule has 0 unspecified atom stereocenters. The number of aromatic nitrogens is 2. The van der Waals surface area contributed by atoms with Crippen molar-refractivity contribution < 1.29 is 9.90 Å². The smallest absolute Gasteiger partial charge is 0.274 e. The van der Waals surface area contributed by atoms with Gasteiger partial charge in [-0.05, 0) is 19.1 Å². The topological polar surface area (TPSA) is 99.0 Å². The number of allylic oxidation sites excluding steroid dienone is 1. The molecule has 1 amide bonds. The zero-order valence-electron chi connectivity index (χ0n) is 12.3. The summed E-state index contributed by atoms with van der Waals surface area (Å²) in [6, 6.07) is 3.71. The van der Waals surface area contributed by atoms with Gasteiger partial charge in [-0.25, -0.2) is 4.98 Å². The van der Waals surface area contributed by atoms with E-state index < -0.39 is 5.91 Å². The quantitative estimate of drug-likeness (QED) is 0.582. The molecule has 22 heavy (non-hydrogen) atoms. The van der Waals surface area contributed by atoms with E-state index in [2.05, 4.69) is 15.3 Å². The van der Waals surface area contributed by atoms with Crippen LogP contribution in [0.5, 0.6) is 0 Å². The lowest BCUT2D eigenvalue weighted by atomic mass is 10.2. The Morgan fingerprint density at radius 2 is 2.32 bits per heavy atom. The monoisotopic (exact) mass is 316 g/mol. The van der Waals surface area contributed by atoms with Crippen LogP contribution >= 0.6 is 11.3 Å². The lowest BCUT2D eigenvalue weighted by molar-refractivity contribution is -0.110. The Morgan fingerprint density at radius 3 is 2.95 bits per heavy atom. The summed E-state index contributed by atoms with van der Waals surface area (Å²) in [7, 11) is 0. The van der Waals surface area contributed by atoms with Crippen LogP contribution in [-0.4, -0.2) is 26.7 Å². The number of aryl methyl sites for hydroxylation is 1. The fraction of sp³-hybridized carbons (Fsp3) is 0.200. The van der Waals surface area contributed by atoms with Gasteiger partial charge in [0.15, 0.2) is 0 Å². The zero-order chi connectivity index (χ0) is 16.1. The fourth-order valence-electron chi connectivity index (χ4n) is 1.63. The molecule has 0 aliphatic rings. The van der Waals surface area contributed by atoms with Gasteiger partial charge in [-0.15, -0.1) is 0 Å². The molecule has 6 nitrogen and oxygen atoms in total. The Hall–Kier alpha value is -2.54. The van der Waals surface area contributed by atoms with Crippen LogP contribution in [0.25, 0.3) is 10.6 Å². The minimum Gasteiger partial charge on any atom is -0.512 e. The molecule has 0 saturated carbocycles. The maximum absolute atomic E-state index is 11.9. The van der Waals surface area contributed by atoms with Crippen molar-refractivity contribution in [2.24, 2.45) is 0 Å². The molecular formula is C15H16N4O2S. The van der Waals surface area contributed by atoms with E-state index in [9.17, 15) is 9.90 Å². The fourth-order valence-corrected chi connectivity index (χ4v) is 2.58. The van der Waals surface area contributed by atoms with Crippen molar-refractivity contribution in [3.8, 4) is 10.6 Å². The number of nitrogens with one attached hydrogen (secondary N) is 2. The summed E-state index contributed by atoms with van der Waals surface area (Å²) in [6.07, 6.45) is 4.91. The highest BCUT2D eigenvalue weighted by Gasteiger charge is 2.14. The van der Waals surface area contributed by atoms with E-state index in [1.54, 1.807) is 26.2 Å². The number of pyridine rings is 1. The van der Waals surface area contributed by atoms with E-state index in [4.69, 9.17) is 5.41 Å². The van der Waals surface area contributed by atoms with Crippen LogP contribution in [-0.2, 0) is 4.79 Å². The average molecular weight is 316 g/mol. The van der Waals surface area contributed by atoms with Gasteiger partial charge in [-0.2, -0.15) is 0 Å². The molecule has 2 rings (SSSR count). The van der Waals surface area contributed by atoms with Crippen LogP contribution in [0.15, 0.2) is 36.4 Å². The first kappa shape index (κ1) is 15.8. The van der Waals surface area contributed by atoms with Crippen LogP contribution in [0, 0.1) is 12.3 Å².